The van der Waals surface area contributed by atoms with Crippen molar-refractivity contribution in [3.8, 4) is 0 Å². The molecule has 0 fully saturated rings. The topological polar surface area (TPSA) is 42.0 Å². The lowest BCUT2D eigenvalue weighted by molar-refractivity contribution is -0.117. The van der Waals surface area contributed by atoms with Crippen molar-refractivity contribution >= 4 is 12.0 Å². The van der Waals surface area contributed by atoms with E-state index in [1.54, 1.807) is 37.5 Å². The molecule has 1 atom stereocenters. The molecule has 1 amide bonds. The number of amides is 1. The predicted octanol–water partition coefficient (Wildman–Crippen LogP) is 3.25. The fraction of sp³-hybridized carbons (Fsp3) is 0.125. The molecule has 1 N–H and O–H groups in total. The van der Waals surface area contributed by atoms with Gasteiger partial charge in [0.2, 0.25) is 5.91 Å². The van der Waals surface area contributed by atoms with Gasteiger partial charge in [0.05, 0.1) is 6.04 Å². The van der Waals surface area contributed by atoms with Gasteiger partial charge in [0, 0.05) is 30.1 Å². The lowest BCUT2D eigenvalue weighted by atomic mass is 10.1. The summed E-state index contributed by atoms with van der Waals surface area (Å²) in [6, 6.07) is 6.28. The number of hydrogen-bond acceptors (Lipinski definition) is 2. The van der Waals surface area contributed by atoms with Crippen LogP contribution in [0.15, 0.2) is 48.8 Å². The lowest BCUT2D eigenvalue weighted by Gasteiger charge is -2.13. The number of benzene rings is 1. The number of pyridine rings is 1. The van der Waals surface area contributed by atoms with Crippen LogP contribution in [-0.4, -0.2) is 10.9 Å². The fourth-order valence-electron chi connectivity index (χ4n) is 1.84. The molecule has 1 aromatic carbocycles. The van der Waals surface area contributed by atoms with Gasteiger partial charge in [-0.3, -0.25) is 9.78 Å². The number of carbonyl (C=O) groups is 1. The van der Waals surface area contributed by atoms with Gasteiger partial charge in [-0.25, -0.2) is 8.78 Å². The van der Waals surface area contributed by atoms with Crippen molar-refractivity contribution in [1.29, 1.82) is 0 Å². The highest BCUT2D eigenvalue weighted by molar-refractivity contribution is 5.91. The number of nitrogens with zero attached hydrogens (tertiary/aromatic N) is 1. The maximum atomic E-state index is 13.6. The van der Waals surface area contributed by atoms with Crippen molar-refractivity contribution < 1.29 is 13.6 Å². The summed E-state index contributed by atoms with van der Waals surface area (Å²) in [5, 5.41) is 2.62. The molecule has 0 radical (unpaired) electrons. The predicted molar refractivity (Wildman–Crippen MR) is 76.2 cm³/mol. The quantitative estimate of drug-likeness (QED) is 0.877. The third kappa shape index (κ3) is 4.21. The second-order valence-corrected chi connectivity index (χ2v) is 4.52. The molecule has 5 heteroatoms. The first-order valence-electron chi connectivity index (χ1n) is 6.40. The standard InChI is InChI=1S/C16H14F2N2O/c1-11(14-6-5-13(17)9-15(14)18)20-16(21)7-4-12-3-2-8-19-10-12/h2-11H,1H3,(H,20,21)/b7-4-/t11-/m0/s1. The molecule has 0 bridgehead atoms. The highest BCUT2D eigenvalue weighted by atomic mass is 19.1. The van der Waals surface area contributed by atoms with Crippen LogP contribution >= 0.6 is 0 Å². The zero-order chi connectivity index (χ0) is 15.2. The van der Waals surface area contributed by atoms with Crippen molar-refractivity contribution in [1.82, 2.24) is 10.3 Å². The second-order valence-electron chi connectivity index (χ2n) is 4.52. The molecule has 0 aliphatic carbocycles. The molecule has 0 spiro atoms. The molecular formula is C16H14F2N2O. The Kier molecular flexibility index (Phi) is 4.77. The van der Waals surface area contributed by atoms with E-state index >= 15 is 0 Å². The fourth-order valence-corrected chi connectivity index (χ4v) is 1.84. The first-order chi connectivity index (χ1) is 10.1. The molecule has 108 valence electrons. The van der Waals surface area contributed by atoms with E-state index in [-0.39, 0.29) is 11.5 Å². The number of nitrogens with one attached hydrogen (secondary N) is 1. The molecule has 1 heterocycles. The van der Waals surface area contributed by atoms with Crippen molar-refractivity contribution in [2.75, 3.05) is 0 Å². The van der Waals surface area contributed by atoms with Crippen molar-refractivity contribution in [3.05, 3.63) is 71.6 Å². The number of hydrogen-bond donors (Lipinski definition) is 1. The SMILES string of the molecule is C[C@H](NC(=O)/C=C\c1cccnc1)c1ccc(F)cc1F. The van der Waals surface area contributed by atoms with E-state index in [1.807, 2.05) is 0 Å². The van der Waals surface area contributed by atoms with Gasteiger partial charge in [-0.2, -0.15) is 0 Å². The number of aromatic nitrogens is 1. The molecule has 0 saturated carbocycles. The zero-order valence-corrected chi connectivity index (χ0v) is 11.4. The minimum atomic E-state index is -0.681. The van der Waals surface area contributed by atoms with Gasteiger partial charge in [-0.05, 0) is 30.7 Å². The molecule has 0 unspecified atom stereocenters. The van der Waals surface area contributed by atoms with Crippen LogP contribution < -0.4 is 5.32 Å². The monoisotopic (exact) mass is 288 g/mol. The molecule has 21 heavy (non-hydrogen) atoms. The van der Waals surface area contributed by atoms with Crippen LogP contribution in [0.25, 0.3) is 6.08 Å². The summed E-state index contributed by atoms with van der Waals surface area (Å²) in [4.78, 5) is 15.7. The van der Waals surface area contributed by atoms with Gasteiger partial charge in [0.1, 0.15) is 11.6 Å². The average Bonchev–Trinajstić information content (AvgIpc) is 2.46. The molecule has 2 aromatic rings. The molecule has 3 nitrogen and oxygen atoms in total. The summed E-state index contributed by atoms with van der Waals surface area (Å²) in [7, 11) is 0. The number of halogens is 2. The van der Waals surface area contributed by atoms with Crippen LogP contribution in [0.1, 0.15) is 24.1 Å². The Morgan fingerprint density at radius 1 is 1.33 bits per heavy atom. The minimum absolute atomic E-state index is 0.236. The zero-order valence-electron chi connectivity index (χ0n) is 11.4. The summed E-state index contributed by atoms with van der Waals surface area (Å²) >= 11 is 0. The maximum absolute atomic E-state index is 13.6. The lowest BCUT2D eigenvalue weighted by Crippen LogP contribution is -2.25. The summed E-state index contributed by atoms with van der Waals surface area (Å²) in [5.41, 5.74) is 1.02. The first kappa shape index (κ1) is 14.8. The van der Waals surface area contributed by atoms with E-state index in [0.29, 0.717) is 0 Å². The van der Waals surface area contributed by atoms with Crippen LogP contribution in [-0.2, 0) is 4.79 Å². The van der Waals surface area contributed by atoms with Crippen LogP contribution in [0.4, 0.5) is 8.78 Å². The van der Waals surface area contributed by atoms with E-state index < -0.39 is 17.7 Å². The molecule has 0 aliphatic heterocycles. The van der Waals surface area contributed by atoms with Crippen molar-refractivity contribution in [2.45, 2.75) is 13.0 Å². The van der Waals surface area contributed by atoms with Crippen LogP contribution in [0.2, 0.25) is 0 Å². The number of carbonyl (C=O) groups excluding carboxylic acids is 1. The Morgan fingerprint density at radius 3 is 2.81 bits per heavy atom. The normalized spacial score (nSPS) is 12.3. The van der Waals surface area contributed by atoms with E-state index in [2.05, 4.69) is 10.3 Å². The van der Waals surface area contributed by atoms with E-state index in [4.69, 9.17) is 0 Å². The van der Waals surface area contributed by atoms with E-state index in [0.717, 1.165) is 17.7 Å². The Morgan fingerprint density at radius 2 is 2.14 bits per heavy atom. The van der Waals surface area contributed by atoms with Gasteiger partial charge in [-0.1, -0.05) is 12.1 Å². The Bertz CT molecular complexity index is 657. The summed E-state index contributed by atoms with van der Waals surface area (Å²) in [5.74, 6) is -1.69. The third-order valence-corrected chi connectivity index (χ3v) is 2.90. The van der Waals surface area contributed by atoms with Gasteiger partial charge in [-0.15, -0.1) is 0 Å². The molecule has 1 aromatic heterocycles. The van der Waals surface area contributed by atoms with E-state index in [1.165, 1.54) is 12.1 Å². The second kappa shape index (κ2) is 6.74. The van der Waals surface area contributed by atoms with Gasteiger partial charge in [0.15, 0.2) is 0 Å². The largest absolute Gasteiger partial charge is 0.346 e. The number of rotatable bonds is 4. The highest BCUT2D eigenvalue weighted by Gasteiger charge is 2.12. The van der Waals surface area contributed by atoms with Crippen LogP contribution in [0, 0.1) is 11.6 Å². The highest BCUT2D eigenvalue weighted by Crippen LogP contribution is 2.17. The van der Waals surface area contributed by atoms with Gasteiger partial charge in [0.25, 0.3) is 0 Å². The Hall–Kier alpha value is -2.56. The summed E-state index contributed by atoms with van der Waals surface area (Å²) in [6.45, 7) is 1.63. The summed E-state index contributed by atoms with van der Waals surface area (Å²) in [6.07, 6.45) is 6.20. The Balaban J connectivity index is 2.00. The molecular weight excluding hydrogens is 274 g/mol. The smallest absolute Gasteiger partial charge is 0.244 e. The molecule has 2 rings (SSSR count). The van der Waals surface area contributed by atoms with Gasteiger partial charge >= 0.3 is 0 Å². The molecule has 0 aliphatic rings. The first-order valence-corrected chi connectivity index (χ1v) is 6.40. The van der Waals surface area contributed by atoms with Crippen LogP contribution in [0.3, 0.4) is 0 Å². The van der Waals surface area contributed by atoms with E-state index in [9.17, 15) is 13.6 Å². The van der Waals surface area contributed by atoms with Crippen molar-refractivity contribution in [2.24, 2.45) is 0 Å². The molecule has 0 saturated heterocycles. The minimum Gasteiger partial charge on any atom is -0.346 e. The Labute approximate surface area is 121 Å². The van der Waals surface area contributed by atoms with Crippen molar-refractivity contribution in [3.63, 3.8) is 0 Å². The maximum Gasteiger partial charge on any atom is 0.244 e. The summed E-state index contributed by atoms with van der Waals surface area (Å²) < 4.78 is 26.4. The third-order valence-electron chi connectivity index (χ3n) is 2.90. The van der Waals surface area contributed by atoms with Crippen LogP contribution in [0.5, 0.6) is 0 Å². The average molecular weight is 288 g/mol. The van der Waals surface area contributed by atoms with Gasteiger partial charge < -0.3 is 5.32 Å².